The van der Waals surface area contributed by atoms with Crippen LogP contribution >= 0.6 is 0 Å². The summed E-state index contributed by atoms with van der Waals surface area (Å²) in [5.74, 6) is 1.62. The summed E-state index contributed by atoms with van der Waals surface area (Å²) in [6.07, 6.45) is 3.39. The lowest BCUT2D eigenvalue weighted by Crippen LogP contribution is -2.22. The van der Waals surface area contributed by atoms with Gasteiger partial charge in [0.05, 0.1) is 15.8 Å². The van der Waals surface area contributed by atoms with Crippen LogP contribution in [-0.2, 0) is 14.3 Å². The van der Waals surface area contributed by atoms with Crippen molar-refractivity contribution >= 4 is 15.8 Å². The second-order valence-electron chi connectivity index (χ2n) is 6.88. The van der Waals surface area contributed by atoms with E-state index in [1.165, 1.54) is 5.56 Å². The molecule has 1 aliphatic rings. The Hall–Kier alpha value is -1.06. The first kappa shape index (κ1) is 15.3. The first-order valence-corrected chi connectivity index (χ1v) is 8.27. The van der Waals surface area contributed by atoms with Gasteiger partial charge < -0.3 is 8.85 Å². The van der Waals surface area contributed by atoms with E-state index in [1.54, 1.807) is 0 Å². The van der Waals surface area contributed by atoms with Gasteiger partial charge in [-0.05, 0) is 29.4 Å². The van der Waals surface area contributed by atoms with Crippen LogP contribution in [0.15, 0.2) is 30.3 Å². The minimum Gasteiger partial charge on any atom is -0.688 e. The van der Waals surface area contributed by atoms with Crippen molar-refractivity contribution in [3.63, 3.8) is 0 Å². The van der Waals surface area contributed by atoms with Crippen LogP contribution < -0.4 is 0 Å². The lowest BCUT2D eigenvalue weighted by molar-refractivity contribution is 0.183. The Labute approximate surface area is 125 Å². The molecule has 1 aromatic carbocycles. The van der Waals surface area contributed by atoms with Crippen LogP contribution in [0.4, 0.5) is 0 Å². The van der Waals surface area contributed by atoms with Crippen LogP contribution in [0, 0.1) is 5.92 Å². The quantitative estimate of drug-likeness (QED) is 0.781. The summed E-state index contributed by atoms with van der Waals surface area (Å²) in [6.45, 7) is 11.1. The fraction of sp³-hybridized carbons (Fsp3) is 0.529. The molecule has 0 saturated heterocycles. The molecule has 0 N–H and O–H groups in total. The lowest BCUT2D eigenvalue weighted by Gasteiger charge is -2.33. The van der Waals surface area contributed by atoms with Gasteiger partial charge in [0.2, 0.25) is 0 Å². The van der Waals surface area contributed by atoms with Crippen molar-refractivity contribution in [3.8, 4) is 0 Å². The number of benzene rings is 1. The minimum atomic E-state index is -0.387. The number of hydrogen-bond acceptors (Lipinski definition) is 2. The average Bonchev–Trinajstić information content (AvgIpc) is 2.37. The van der Waals surface area contributed by atoms with Gasteiger partial charge in [0.1, 0.15) is 0 Å². The SMILES string of the molecule is CC(C)CC1C=C(c2ccc(C(C)(C)C)cc2)O[SiH-]O1. The molecule has 1 unspecified atom stereocenters. The van der Waals surface area contributed by atoms with E-state index in [9.17, 15) is 0 Å². The van der Waals surface area contributed by atoms with Crippen LogP contribution in [0.2, 0.25) is 0 Å². The standard InChI is InChI=1S/C17H25O2Si/c1-12(2)10-15-11-16(19-20-18-15)13-6-8-14(9-7-13)17(3,4)5/h6-9,11-12,15,20H,10H2,1-5H3/q-1. The van der Waals surface area contributed by atoms with E-state index in [-0.39, 0.29) is 21.5 Å². The maximum absolute atomic E-state index is 5.72. The highest BCUT2D eigenvalue weighted by Gasteiger charge is 2.15. The van der Waals surface area contributed by atoms with Crippen LogP contribution in [0.3, 0.4) is 0 Å². The van der Waals surface area contributed by atoms with Gasteiger partial charge in [0.15, 0.2) is 0 Å². The summed E-state index contributed by atoms with van der Waals surface area (Å²) in [6, 6.07) is 8.71. The van der Waals surface area contributed by atoms with E-state index in [2.05, 4.69) is 65.0 Å². The van der Waals surface area contributed by atoms with E-state index in [0.29, 0.717) is 5.92 Å². The Kier molecular flexibility index (Phi) is 4.71. The highest BCUT2D eigenvalue weighted by atomic mass is 28.3. The average molecular weight is 289 g/mol. The molecule has 0 amide bonds. The van der Waals surface area contributed by atoms with Gasteiger partial charge in [0, 0.05) is 11.7 Å². The molecule has 0 saturated carbocycles. The highest BCUT2D eigenvalue weighted by Crippen LogP contribution is 2.27. The summed E-state index contributed by atoms with van der Waals surface area (Å²) in [5, 5.41) is 0. The normalized spacial score (nSPS) is 19.7. The molecule has 1 aromatic rings. The van der Waals surface area contributed by atoms with Crippen molar-refractivity contribution in [3.05, 3.63) is 41.5 Å². The van der Waals surface area contributed by atoms with Crippen molar-refractivity contribution in [2.45, 2.75) is 52.6 Å². The molecule has 3 heteroatoms. The van der Waals surface area contributed by atoms with Crippen molar-refractivity contribution in [2.24, 2.45) is 5.92 Å². The van der Waals surface area contributed by atoms with Crippen molar-refractivity contribution in [1.29, 1.82) is 0 Å². The summed E-state index contributed by atoms with van der Waals surface area (Å²) < 4.78 is 11.4. The zero-order valence-corrected chi connectivity index (χ0v) is 14.3. The Morgan fingerprint density at radius 2 is 1.80 bits per heavy atom. The molecule has 20 heavy (non-hydrogen) atoms. The van der Waals surface area contributed by atoms with Crippen molar-refractivity contribution in [1.82, 2.24) is 0 Å². The second kappa shape index (κ2) is 6.14. The zero-order valence-electron chi connectivity index (χ0n) is 13.1. The fourth-order valence-electron chi connectivity index (χ4n) is 2.29. The molecular weight excluding hydrogens is 264 g/mol. The van der Waals surface area contributed by atoms with Gasteiger partial charge in [0.25, 0.3) is 0 Å². The second-order valence-corrected chi connectivity index (χ2v) is 7.58. The Balaban J connectivity index is 2.16. The molecule has 0 radical (unpaired) electrons. The lowest BCUT2D eigenvalue weighted by atomic mass is 9.86. The third-order valence-electron chi connectivity index (χ3n) is 3.48. The molecular formula is C17H25O2Si-. The molecule has 0 bridgehead atoms. The summed E-state index contributed by atoms with van der Waals surface area (Å²) in [5.41, 5.74) is 2.69. The van der Waals surface area contributed by atoms with E-state index in [4.69, 9.17) is 8.85 Å². The van der Waals surface area contributed by atoms with Crippen molar-refractivity contribution < 1.29 is 8.85 Å². The topological polar surface area (TPSA) is 18.5 Å². The minimum absolute atomic E-state index is 0.189. The predicted octanol–water partition coefficient (Wildman–Crippen LogP) is 4.05. The van der Waals surface area contributed by atoms with E-state index in [0.717, 1.165) is 17.7 Å². The molecule has 2 rings (SSSR count). The molecule has 0 aliphatic carbocycles. The third-order valence-corrected chi connectivity index (χ3v) is 4.29. The number of rotatable bonds is 3. The zero-order chi connectivity index (χ0) is 14.8. The maximum atomic E-state index is 5.72. The molecule has 1 atom stereocenters. The molecule has 0 fully saturated rings. The number of hydrogen-bond donors (Lipinski definition) is 0. The Morgan fingerprint density at radius 3 is 2.35 bits per heavy atom. The van der Waals surface area contributed by atoms with Crippen molar-refractivity contribution in [2.75, 3.05) is 0 Å². The van der Waals surface area contributed by atoms with Gasteiger partial charge >= 0.3 is 0 Å². The largest absolute Gasteiger partial charge is 0.688 e. The first-order chi connectivity index (χ1) is 9.36. The van der Waals surface area contributed by atoms with Gasteiger partial charge in [-0.3, -0.25) is 0 Å². The van der Waals surface area contributed by atoms with E-state index in [1.807, 2.05) is 0 Å². The van der Waals surface area contributed by atoms with Crippen LogP contribution in [-0.4, -0.2) is 16.1 Å². The Morgan fingerprint density at radius 1 is 1.15 bits per heavy atom. The predicted molar refractivity (Wildman–Crippen MR) is 85.7 cm³/mol. The molecule has 0 spiro atoms. The van der Waals surface area contributed by atoms with Gasteiger partial charge in [-0.15, -0.1) is 0 Å². The highest BCUT2D eigenvalue weighted by molar-refractivity contribution is 6.21. The first-order valence-electron chi connectivity index (χ1n) is 7.33. The molecule has 0 aromatic heterocycles. The Bertz CT molecular complexity index is 469. The maximum Gasteiger partial charge on any atom is 0.0886 e. The summed E-state index contributed by atoms with van der Waals surface area (Å²) in [7, 11) is -0.387. The fourth-order valence-corrected chi connectivity index (χ4v) is 2.99. The van der Waals surface area contributed by atoms with Crippen LogP contribution in [0.25, 0.3) is 5.76 Å². The molecule has 1 heterocycles. The molecule has 1 aliphatic heterocycles. The summed E-state index contributed by atoms with van der Waals surface area (Å²) in [4.78, 5) is 0. The van der Waals surface area contributed by atoms with E-state index >= 15 is 0 Å². The van der Waals surface area contributed by atoms with Gasteiger partial charge in [-0.25, -0.2) is 0 Å². The van der Waals surface area contributed by atoms with Gasteiger partial charge in [-0.2, -0.15) is 0 Å². The van der Waals surface area contributed by atoms with Crippen LogP contribution in [0.1, 0.15) is 52.2 Å². The van der Waals surface area contributed by atoms with Gasteiger partial charge in [-0.1, -0.05) is 58.9 Å². The molecule has 110 valence electrons. The van der Waals surface area contributed by atoms with E-state index < -0.39 is 0 Å². The monoisotopic (exact) mass is 289 g/mol. The third kappa shape index (κ3) is 3.97. The summed E-state index contributed by atoms with van der Waals surface area (Å²) >= 11 is 0. The van der Waals surface area contributed by atoms with Crippen LogP contribution in [0.5, 0.6) is 0 Å². The molecule has 2 nitrogen and oxygen atoms in total. The smallest absolute Gasteiger partial charge is 0.0886 e.